The Hall–Kier alpha value is 0.583. The Morgan fingerprint density at radius 3 is 1.88 bits per heavy atom. The molecule has 2 bridgehead atoms. The van der Waals surface area contributed by atoms with E-state index in [0.29, 0.717) is 0 Å². The van der Waals surface area contributed by atoms with Gasteiger partial charge in [0.1, 0.15) is 0 Å². The molecule has 1 radical (unpaired) electrons. The molecule has 4 unspecified atom stereocenters. The standard InChI is InChI=1S/C15H28N.Rh/c1-6-16-8-13-11(4)7-12(5)14(9-16)15(13)10(2)3;/h11-15H,6-9H2,1-5H3;/q-1;. The third-order valence-corrected chi connectivity index (χ3v) is 5.18. The molecule has 2 aliphatic rings. The minimum atomic E-state index is 0. The van der Waals surface area contributed by atoms with Gasteiger partial charge in [-0.05, 0) is 49.7 Å². The first kappa shape index (κ1) is 15.6. The average Bonchev–Trinajstić information content (AvgIpc) is 2.25. The van der Waals surface area contributed by atoms with Crippen molar-refractivity contribution in [2.45, 2.75) is 41.0 Å². The molecule has 17 heavy (non-hydrogen) atoms. The minimum Gasteiger partial charge on any atom is -0.316 e. The van der Waals surface area contributed by atoms with Crippen molar-refractivity contribution >= 4 is 0 Å². The molecule has 0 spiro atoms. The fourth-order valence-corrected chi connectivity index (χ4v) is 4.33. The van der Waals surface area contributed by atoms with Crippen molar-refractivity contribution in [2.75, 3.05) is 19.6 Å². The monoisotopic (exact) mass is 325 g/mol. The second kappa shape index (κ2) is 6.15. The van der Waals surface area contributed by atoms with E-state index < -0.39 is 0 Å². The maximum absolute atomic E-state index is 2.68. The summed E-state index contributed by atoms with van der Waals surface area (Å²) in [6, 6.07) is 0. The number of hydrogen-bond donors (Lipinski definition) is 0. The summed E-state index contributed by atoms with van der Waals surface area (Å²) in [5, 5.41) is 0. The number of nitrogens with zero attached hydrogens (tertiary/aromatic N) is 1. The van der Waals surface area contributed by atoms with E-state index in [9.17, 15) is 0 Å². The van der Waals surface area contributed by atoms with Crippen LogP contribution in [0.2, 0.25) is 0 Å². The Kier molecular flexibility index (Phi) is 5.66. The van der Waals surface area contributed by atoms with Gasteiger partial charge in [-0.25, -0.2) is 0 Å². The second-order valence-corrected chi connectivity index (χ2v) is 6.47. The molecule has 0 aromatic heterocycles. The van der Waals surface area contributed by atoms with Crippen LogP contribution in [0.4, 0.5) is 0 Å². The molecule has 103 valence electrons. The van der Waals surface area contributed by atoms with E-state index in [4.69, 9.17) is 0 Å². The van der Waals surface area contributed by atoms with Gasteiger partial charge in [0.25, 0.3) is 0 Å². The molecule has 1 heterocycles. The topological polar surface area (TPSA) is 3.24 Å². The van der Waals surface area contributed by atoms with Crippen molar-refractivity contribution < 1.29 is 19.5 Å². The van der Waals surface area contributed by atoms with Crippen LogP contribution in [0.5, 0.6) is 0 Å². The predicted molar refractivity (Wildman–Crippen MR) is 70.1 cm³/mol. The molecule has 0 N–H and O–H groups in total. The SMILES string of the molecule is CCN1CC2C(C)CC(C)C(C1)C2[C-](C)C.[Rh]. The Labute approximate surface area is 120 Å². The van der Waals surface area contributed by atoms with Crippen molar-refractivity contribution in [2.24, 2.45) is 29.6 Å². The van der Waals surface area contributed by atoms with Crippen molar-refractivity contribution in [1.29, 1.82) is 0 Å². The van der Waals surface area contributed by atoms with Crippen LogP contribution in [-0.2, 0) is 19.5 Å². The summed E-state index contributed by atoms with van der Waals surface area (Å²) in [7, 11) is 0. The molecule has 1 nitrogen and oxygen atoms in total. The van der Waals surface area contributed by atoms with Crippen LogP contribution >= 0.6 is 0 Å². The van der Waals surface area contributed by atoms with Gasteiger partial charge in [0.05, 0.1) is 0 Å². The molecule has 0 aromatic carbocycles. The minimum absolute atomic E-state index is 0. The van der Waals surface area contributed by atoms with Crippen LogP contribution in [0.25, 0.3) is 0 Å². The van der Waals surface area contributed by atoms with Crippen LogP contribution in [0.15, 0.2) is 0 Å². The molecule has 1 saturated heterocycles. The molecule has 1 aliphatic heterocycles. The number of piperidine rings is 1. The summed E-state index contributed by atoms with van der Waals surface area (Å²) < 4.78 is 0. The zero-order valence-electron chi connectivity index (χ0n) is 12.0. The molecule has 2 fully saturated rings. The van der Waals surface area contributed by atoms with Gasteiger partial charge in [-0.2, -0.15) is 19.8 Å². The summed E-state index contributed by atoms with van der Waals surface area (Å²) in [6.45, 7) is 15.9. The van der Waals surface area contributed by atoms with Crippen molar-refractivity contribution in [3.8, 4) is 0 Å². The number of fused-ring (bicyclic) bond motifs is 2. The van der Waals surface area contributed by atoms with Crippen molar-refractivity contribution in [3.63, 3.8) is 0 Å². The number of hydrogen-bond acceptors (Lipinski definition) is 1. The van der Waals surface area contributed by atoms with E-state index in [2.05, 4.69) is 39.5 Å². The third kappa shape index (κ3) is 2.95. The maximum atomic E-state index is 2.68. The fraction of sp³-hybridized carbons (Fsp3) is 0.933. The quantitative estimate of drug-likeness (QED) is 0.555. The summed E-state index contributed by atoms with van der Waals surface area (Å²) in [5.74, 6) is 6.28. The van der Waals surface area contributed by atoms with Gasteiger partial charge in [0.2, 0.25) is 0 Å². The van der Waals surface area contributed by atoms with Crippen LogP contribution < -0.4 is 0 Å². The van der Waals surface area contributed by atoms with Crippen LogP contribution in [0.1, 0.15) is 41.0 Å². The summed E-state index contributed by atoms with van der Waals surface area (Å²) in [6.07, 6.45) is 1.46. The summed E-state index contributed by atoms with van der Waals surface area (Å²) in [4.78, 5) is 2.68. The van der Waals surface area contributed by atoms with Gasteiger partial charge in [-0.3, -0.25) is 0 Å². The van der Waals surface area contributed by atoms with Crippen molar-refractivity contribution in [3.05, 3.63) is 5.92 Å². The summed E-state index contributed by atoms with van der Waals surface area (Å²) >= 11 is 0. The number of likely N-dealkylation sites (tertiary alicyclic amines) is 1. The van der Waals surface area contributed by atoms with Gasteiger partial charge in [0.15, 0.2) is 0 Å². The van der Waals surface area contributed by atoms with E-state index >= 15 is 0 Å². The molecular formula is C15H28NRh-. The molecule has 0 amide bonds. The Balaban J connectivity index is 0.00000144. The van der Waals surface area contributed by atoms with Crippen molar-refractivity contribution in [1.82, 2.24) is 4.90 Å². The normalized spacial score (nSPS) is 42.4. The van der Waals surface area contributed by atoms with Crippen LogP contribution in [0.3, 0.4) is 0 Å². The molecule has 4 atom stereocenters. The van der Waals surface area contributed by atoms with E-state index in [-0.39, 0.29) is 19.5 Å². The van der Waals surface area contributed by atoms with E-state index in [1.807, 2.05) is 0 Å². The van der Waals surface area contributed by atoms with Crippen LogP contribution in [-0.4, -0.2) is 24.5 Å². The first-order chi connectivity index (χ1) is 7.54. The Morgan fingerprint density at radius 1 is 1.06 bits per heavy atom. The van der Waals surface area contributed by atoms with Crippen LogP contribution in [0, 0.1) is 35.5 Å². The molecular weight excluding hydrogens is 297 g/mol. The molecule has 2 heteroatoms. The van der Waals surface area contributed by atoms with Gasteiger partial charge in [0, 0.05) is 19.5 Å². The zero-order valence-corrected chi connectivity index (χ0v) is 13.6. The second-order valence-electron chi connectivity index (χ2n) is 6.47. The van der Waals surface area contributed by atoms with Gasteiger partial charge in [-0.15, -0.1) is 0 Å². The average molecular weight is 325 g/mol. The first-order valence-electron chi connectivity index (χ1n) is 7.07. The van der Waals surface area contributed by atoms with E-state index in [1.165, 1.54) is 26.1 Å². The van der Waals surface area contributed by atoms with E-state index in [1.54, 1.807) is 5.92 Å². The zero-order chi connectivity index (χ0) is 11.9. The predicted octanol–water partition coefficient (Wildman–Crippen LogP) is 3.46. The Morgan fingerprint density at radius 2 is 1.53 bits per heavy atom. The molecule has 0 aromatic rings. The third-order valence-electron chi connectivity index (χ3n) is 5.18. The number of rotatable bonds is 2. The largest absolute Gasteiger partial charge is 0.316 e. The van der Waals surface area contributed by atoms with E-state index in [0.717, 1.165) is 29.6 Å². The first-order valence-corrected chi connectivity index (χ1v) is 7.07. The Bertz CT molecular complexity index is 223. The molecule has 1 aliphatic carbocycles. The fourth-order valence-electron chi connectivity index (χ4n) is 4.33. The molecule has 2 rings (SSSR count). The summed E-state index contributed by atoms with van der Waals surface area (Å²) in [5.41, 5.74) is 0. The smallest absolute Gasteiger partial charge is 0 e. The molecule has 1 saturated carbocycles. The van der Waals surface area contributed by atoms with Gasteiger partial charge in [-0.1, -0.05) is 20.8 Å². The maximum Gasteiger partial charge on any atom is 0 e. The van der Waals surface area contributed by atoms with Gasteiger partial charge < -0.3 is 10.8 Å². The van der Waals surface area contributed by atoms with Gasteiger partial charge >= 0.3 is 0 Å².